The van der Waals surface area contributed by atoms with Gasteiger partial charge in [0.2, 0.25) is 5.91 Å². The van der Waals surface area contributed by atoms with E-state index in [2.05, 4.69) is 0 Å². The summed E-state index contributed by atoms with van der Waals surface area (Å²) in [5, 5.41) is 0. The molecule has 0 spiro atoms. The third kappa shape index (κ3) is 4.00. The molecule has 1 amide bonds. The van der Waals surface area contributed by atoms with Gasteiger partial charge in [-0.3, -0.25) is 9.59 Å². The average molecular weight is 486 g/mol. The van der Waals surface area contributed by atoms with E-state index in [0.29, 0.717) is 6.54 Å². The largest absolute Gasteiger partial charge is 0.465 e. The summed E-state index contributed by atoms with van der Waals surface area (Å²) in [6.45, 7) is 6.56. The summed E-state index contributed by atoms with van der Waals surface area (Å²) in [5.41, 5.74) is 2.11. The molecule has 0 saturated carbocycles. The number of benzene rings is 3. The SMILES string of the molecule is CCOC(=O)C12CC(c3ccc(C)cc3)(c3ccc(C)cc3)OOC1CN(Cc1ccccc1)C2=O. The summed E-state index contributed by atoms with van der Waals surface area (Å²) in [4.78, 5) is 41.8. The first kappa shape index (κ1) is 24.2. The molecule has 3 aromatic carbocycles. The molecule has 2 fully saturated rings. The van der Waals surface area contributed by atoms with Crippen LogP contribution in [-0.2, 0) is 36.2 Å². The highest BCUT2D eigenvalue weighted by Gasteiger charge is 2.68. The number of amides is 1. The Hall–Kier alpha value is -3.48. The molecule has 36 heavy (non-hydrogen) atoms. The van der Waals surface area contributed by atoms with Crippen LogP contribution < -0.4 is 0 Å². The molecule has 3 aromatic rings. The van der Waals surface area contributed by atoms with E-state index in [1.165, 1.54) is 0 Å². The number of rotatable bonds is 6. The minimum atomic E-state index is -1.53. The molecule has 6 nitrogen and oxygen atoms in total. The third-order valence-electron chi connectivity index (χ3n) is 7.33. The summed E-state index contributed by atoms with van der Waals surface area (Å²) in [6, 6.07) is 25.6. The molecule has 0 aromatic heterocycles. The van der Waals surface area contributed by atoms with Crippen molar-refractivity contribution in [3.8, 4) is 0 Å². The molecule has 0 radical (unpaired) electrons. The van der Waals surface area contributed by atoms with Gasteiger partial charge in [0.05, 0.1) is 13.2 Å². The highest BCUT2D eigenvalue weighted by atomic mass is 17.2. The first-order valence-corrected chi connectivity index (χ1v) is 12.4. The number of hydrogen-bond acceptors (Lipinski definition) is 5. The van der Waals surface area contributed by atoms with Crippen LogP contribution in [0.1, 0.15) is 41.2 Å². The molecule has 0 bridgehead atoms. The van der Waals surface area contributed by atoms with Crippen LogP contribution in [0.2, 0.25) is 0 Å². The Morgan fingerprint density at radius 2 is 1.53 bits per heavy atom. The molecular formula is C30H31NO5. The van der Waals surface area contributed by atoms with Crippen molar-refractivity contribution in [2.45, 2.75) is 45.4 Å². The molecule has 2 unspecified atom stereocenters. The van der Waals surface area contributed by atoms with Crippen molar-refractivity contribution >= 4 is 11.9 Å². The van der Waals surface area contributed by atoms with Crippen molar-refractivity contribution in [1.29, 1.82) is 0 Å². The number of hydrogen-bond donors (Lipinski definition) is 0. The van der Waals surface area contributed by atoms with Crippen LogP contribution >= 0.6 is 0 Å². The van der Waals surface area contributed by atoms with E-state index in [-0.39, 0.29) is 25.5 Å². The van der Waals surface area contributed by atoms with Gasteiger partial charge in [0.25, 0.3) is 0 Å². The minimum absolute atomic E-state index is 0.0831. The number of aryl methyl sites for hydroxylation is 2. The standard InChI is InChI=1S/C30H31NO5/c1-4-34-28(33)29-20-30(24-14-10-21(2)11-15-24,25-16-12-22(3)13-17-25)36-35-26(29)19-31(27(29)32)18-23-8-6-5-7-9-23/h5-17,26H,4,18-20H2,1-3H3. The van der Waals surface area contributed by atoms with Gasteiger partial charge < -0.3 is 9.64 Å². The minimum Gasteiger partial charge on any atom is -0.465 e. The molecule has 2 atom stereocenters. The zero-order valence-corrected chi connectivity index (χ0v) is 20.9. The Morgan fingerprint density at radius 1 is 0.944 bits per heavy atom. The number of nitrogens with zero attached hydrogens (tertiary/aromatic N) is 1. The zero-order valence-electron chi connectivity index (χ0n) is 20.9. The molecule has 2 saturated heterocycles. The summed E-state index contributed by atoms with van der Waals surface area (Å²) < 4.78 is 5.54. The van der Waals surface area contributed by atoms with Crippen LogP contribution in [0.25, 0.3) is 0 Å². The van der Waals surface area contributed by atoms with Gasteiger partial charge in [-0.15, -0.1) is 0 Å². The quantitative estimate of drug-likeness (QED) is 0.283. The van der Waals surface area contributed by atoms with Crippen LogP contribution in [0.15, 0.2) is 78.9 Å². The summed E-state index contributed by atoms with van der Waals surface area (Å²) in [7, 11) is 0. The van der Waals surface area contributed by atoms with Gasteiger partial charge in [-0.05, 0) is 37.5 Å². The second kappa shape index (κ2) is 9.52. The second-order valence-electron chi connectivity index (χ2n) is 9.77. The van der Waals surface area contributed by atoms with Crippen molar-refractivity contribution in [2.24, 2.45) is 5.41 Å². The number of ether oxygens (including phenoxy) is 1. The van der Waals surface area contributed by atoms with Gasteiger partial charge in [-0.1, -0.05) is 90.0 Å². The molecule has 0 N–H and O–H groups in total. The summed E-state index contributed by atoms with van der Waals surface area (Å²) in [5.74, 6) is -0.857. The third-order valence-corrected chi connectivity index (χ3v) is 7.33. The summed E-state index contributed by atoms with van der Waals surface area (Å²) >= 11 is 0. The molecule has 2 aliphatic heterocycles. The number of carbonyl (C=O) groups is 2. The predicted octanol–water partition coefficient (Wildman–Crippen LogP) is 4.86. The fraction of sp³-hybridized carbons (Fsp3) is 0.333. The Labute approximate surface area is 211 Å². The maximum absolute atomic E-state index is 14.1. The fourth-order valence-electron chi connectivity index (χ4n) is 5.33. The van der Waals surface area contributed by atoms with Crippen molar-refractivity contribution in [1.82, 2.24) is 4.90 Å². The van der Waals surface area contributed by atoms with Crippen molar-refractivity contribution in [2.75, 3.05) is 13.2 Å². The van der Waals surface area contributed by atoms with Gasteiger partial charge >= 0.3 is 5.97 Å². The van der Waals surface area contributed by atoms with E-state index in [4.69, 9.17) is 14.5 Å². The molecule has 6 heteroatoms. The Kier molecular flexibility index (Phi) is 6.41. The van der Waals surface area contributed by atoms with Crippen molar-refractivity contribution < 1.29 is 24.1 Å². The van der Waals surface area contributed by atoms with Crippen LogP contribution in [0.3, 0.4) is 0 Å². The highest BCUT2D eigenvalue weighted by Crippen LogP contribution is 2.53. The van der Waals surface area contributed by atoms with Crippen LogP contribution in [0.5, 0.6) is 0 Å². The molecule has 2 heterocycles. The van der Waals surface area contributed by atoms with Gasteiger partial charge in [0, 0.05) is 13.0 Å². The predicted molar refractivity (Wildman–Crippen MR) is 135 cm³/mol. The smallest absolute Gasteiger partial charge is 0.324 e. The number of fused-ring (bicyclic) bond motifs is 1. The van der Waals surface area contributed by atoms with Crippen LogP contribution in [0, 0.1) is 19.3 Å². The monoisotopic (exact) mass is 485 g/mol. The summed E-state index contributed by atoms with van der Waals surface area (Å²) in [6.07, 6.45) is -0.698. The number of likely N-dealkylation sites (tertiary alicyclic amines) is 1. The van der Waals surface area contributed by atoms with E-state index in [9.17, 15) is 9.59 Å². The van der Waals surface area contributed by atoms with Gasteiger partial charge in [-0.25, -0.2) is 9.78 Å². The fourth-order valence-corrected chi connectivity index (χ4v) is 5.33. The van der Waals surface area contributed by atoms with E-state index in [1.54, 1.807) is 11.8 Å². The lowest BCUT2D eigenvalue weighted by Gasteiger charge is -2.45. The van der Waals surface area contributed by atoms with E-state index in [0.717, 1.165) is 27.8 Å². The Morgan fingerprint density at radius 3 is 2.08 bits per heavy atom. The van der Waals surface area contributed by atoms with Gasteiger partial charge in [-0.2, -0.15) is 0 Å². The van der Waals surface area contributed by atoms with Gasteiger partial charge in [0.1, 0.15) is 6.10 Å². The van der Waals surface area contributed by atoms with Crippen molar-refractivity contribution in [3.63, 3.8) is 0 Å². The van der Waals surface area contributed by atoms with Gasteiger partial charge in [0.15, 0.2) is 11.0 Å². The number of carbonyl (C=O) groups excluding carboxylic acids is 2. The first-order chi connectivity index (χ1) is 17.4. The first-order valence-electron chi connectivity index (χ1n) is 12.4. The number of esters is 1. The van der Waals surface area contributed by atoms with E-state index >= 15 is 0 Å². The van der Waals surface area contributed by atoms with Crippen LogP contribution in [-0.4, -0.2) is 36.0 Å². The molecule has 0 aliphatic carbocycles. The van der Waals surface area contributed by atoms with E-state index in [1.807, 2.05) is 92.7 Å². The second-order valence-corrected chi connectivity index (χ2v) is 9.77. The Bertz CT molecular complexity index is 1190. The van der Waals surface area contributed by atoms with E-state index < -0.39 is 23.1 Å². The van der Waals surface area contributed by atoms with Crippen LogP contribution in [0.4, 0.5) is 0 Å². The molecule has 186 valence electrons. The topological polar surface area (TPSA) is 65.1 Å². The maximum atomic E-state index is 14.1. The lowest BCUT2D eigenvalue weighted by molar-refractivity contribution is -0.417. The normalized spacial score (nSPS) is 22.8. The molecular weight excluding hydrogens is 454 g/mol. The molecule has 5 rings (SSSR count). The lowest BCUT2D eigenvalue weighted by Crippen LogP contribution is -2.57. The van der Waals surface area contributed by atoms with Crippen molar-refractivity contribution in [3.05, 3.63) is 107 Å². The molecule has 2 aliphatic rings. The maximum Gasteiger partial charge on any atom is 0.324 e. The Balaban J connectivity index is 1.62. The average Bonchev–Trinajstić information content (AvgIpc) is 3.17. The highest BCUT2D eigenvalue weighted by molar-refractivity contribution is 6.05. The lowest BCUT2D eigenvalue weighted by atomic mass is 9.68. The zero-order chi connectivity index (χ0) is 25.3.